The Labute approximate surface area is 102 Å². The van der Waals surface area contributed by atoms with Gasteiger partial charge in [0, 0.05) is 19.1 Å². The summed E-state index contributed by atoms with van der Waals surface area (Å²) in [5.41, 5.74) is 5.61. The molecular formula is C11H22N4O2. The van der Waals surface area contributed by atoms with E-state index in [1.165, 1.54) is 0 Å². The number of imide groups is 1. The van der Waals surface area contributed by atoms with E-state index in [4.69, 9.17) is 5.73 Å². The van der Waals surface area contributed by atoms with Crippen molar-refractivity contribution in [2.75, 3.05) is 26.2 Å². The summed E-state index contributed by atoms with van der Waals surface area (Å²) in [6.45, 7) is 4.23. The Kier molecular flexibility index (Phi) is 5.93. The molecule has 6 nitrogen and oxygen atoms in total. The van der Waals surface area contributed by atoms with Crippen molar-refractivity contribution in [2.24, 2.45) is 5.73 Å². The van der Waals surface area contributed by atoms with Gasteiger partial charge < -0.3 is 11.1 Å². The minimum absolute atomic E-state index is 0.251. The van der Waals surface area contributed by atoms with Gasteiger partial charge >= 0.3 is 6.03 Å². The zero-order chi connectivity index (χ0) is 12.7. The topological polar surface area (TPSA) is 87.5 Å². The van der Waals surface area contributed by atoms with Crippen molar-refractivity contribution in [3.05, 3.63) is 0 Å². The Morgan fingerprint density at radius 1 is 1.47 bits per heavy atom. The first kappa shape index (κ1) is 13.9. The number of carbonyl (C=O) groups excluding carboxylic acids is 2. The summed E-state index contributed by atoms with van der Waals surface area (Å²) in [5, 5.41) is 4.91. The predicted molar refractivity (Wildman–Crippen MR) is 65.5 cm³/mol. The van der Waals surface area contributed by atoms with Crippen molar-refractivity contribution in [3.63, 3.8) is 0 Å². The molecule has 0 aromatic rings. The van der Waals surface area contributed by atoms with Crippen molar-refractivity contribution in [3.8, 4) is 0 Å². The number of rotatable bonds is 5. The Balaban J connectivity index is 2.26. The van der Waals surface area contributed by atoms with Gasteiger partial charge in [-0.15, -0.1) is 0 Å². The van der Waals surface area contributed by atoms with Crippen molar-refractivity contribution in [1.82, 2.24) is 15.5 Å². The minimum Gasteiger partial charge on any atom is -0.338 e. The fraction of sp³-hybridized carbons (Fsp3) is 0.818. The Morgan fingerprint density at radius 2 is 2.24 bits per heavy atom. The van der Waals surface area contributed by atoms with Gasteiger partial charge in [-0.05, 0) is 25.8 Å². The number of hydrogen-bond donors (Lipinski definition) is 3. The number of hydrogen-bond acceptors (Lipinski definition) is 4. The van der Waals surface area contributed by atoms with E-state index in [1.807, 2.05) is 11.8 Å². The minimum atomic E-state index is -0.416. The van der Waals surface area contributed by atoms with Gasteiger partial charge in [0.1, 0.15) is 0 Å². The van der Waals surface area contributed by atoms with Crippen molar-refractivity contribution >= 4 is 11.9 Å². The van der Waals surface area contributed by atoms with Gasteiger partial charge in [0.15, 0.2) is 0 Å². The second-order valence-corrected chi connectivity index (χ2v) is 4.31. The van der Waals surface area contributed by atoms with Gasteiger partial charge in [0.25, 0.3) is 0 Å². The number of nitrogens with zero attached hydrogens (tertiary/aromatic N) is 1. The summed E-state index contributed by atoms with van der Waals surface area (Å²) >= 11 is 0. The SMILES string of the molecule is CCCNC(=O)NC(=O)CN1CCCC1CN. The molecule has 1 heterocycles. The van der Waals surface area contributed by atoms with Gasteiger partial charge in [-0.2, -0.15) is 0 Å². The van der Waals surface area contributed by atoms with E-state index < -0.39 is 6.03 Å². The normalized spacial score (nSPS) is 20.2. The molecule has 1 aliphatic rings. The van der Waals surface area contributed by atoms with Crippen molar-refractivity contribution in [1.29, 1.82) is 0 Å². The molecule has 17 heavy (non-hydrogen) atoms. The predicted octanol–water partition coefficient (Wildman–Crippen LogP) is -0.355. The number of nitrogens with one attached hydrogen (secondary N) is 2. The Bertz CT molecular complexity index is 270. The quantitative estimate of drug-likeness (QED) is 0.614. The molecule has 0 aromatic carbocycles. The molecule has 1 fully saturated rings. The molecule has 1 saturated heterocycles. The van der Waals surface area contributed by atoms with Crippen molar-refractivity contribution in [2.45, 2.75) is 32.2 Å². The zero-order valence-corrected chi connectivity index (χ0v) is 10.4. The summed E-state index contributed by atoms with van der Waals surface area (Å²) < 4.78 is 0. The highest BCUT2D eigenvalue weighted by Crippen LogP contribution is 2.14. The van der Waals surface area contributed by atoms with Crippen LogP contribution < -0.4 is 16.4 Å². The van der Waals surface area contributed by atoms with E-state index in [0.717, 1.165) is 25.8 Å². The maximum Gasteiger partial charge on any atom is 0.321 e. The van der Waals surface area contributed by atoms with Crippen LogP contribution in [0.4, 0.5) is 4.79 Å². The maximum absolute atomic E-state index is 11.6. The third-order valence-electron chi connectivity index (χ3n) is 2.91. The average molecular weight is 242 g/mol. The number of nitrogens with two attached hydrogens (primary N) is 1. The van der Waals surface area contributed by atoms with Gasteiger partial charge in [-0.3, -0.25) is 15.0 Å². The second kappa shape index (κ2) is 7.24. The smallest absolute Gasteiger partial charge is 0.321 e. The lowest BCUT2D eigenvalue weighted by Gasteiger charge is -2.21. The fourth-order valence-electron chi connectivity index (χ4n) is 2.00. The van der Waals surface area contributed by atoms with Gasteiger partial charge in [-0.25, -0.2) is 4.79 Å². The monoisotopic (exact) mass is 242 g/mol. The van der Waals surface area contributed by atoms with Crippen LogP contribution in [-0.4, -0.2) is 49.1 Å². The number of likely N-dealkylation sites (tertiary alicyclic amines) is 1. The van der Waals surface area contributed by atoms with E-state index >= 15 is 0 Å². The first-order valence-electron chi connectivity index (χ1n) is 6.19. The third kappa shape index (κ3) is 4.70. The lowest BCUT2D eigenvalue weighted by Crippen LogP contribution is -2.46. The molecule has 1 aliphatic heterocycles. The molecule has 0 radical (unpaired) electrons. The molecule has 0 saturated carbocycles. The molecule has 3 amide bonds. The van der Waals surface area contributed by atoms with E-state index in [0.29, 0.717) is 13.1 Å². The number of urea groups is 1. The van der Waals surface area contributed by atoms with Crippen LogP contribution in [0, 0.1) is 0 Å². The molecular weight excluding hydrogens is 220 g/mol. The summed E-state index contributed by atoms with van der Waals surface area (Å²) in [6.07, 6.45) is 2.95. The second-order valence-electron chi connectivity index (χ2n) is 4.31. The molecule has 1 atom stereocenters. The van der Waals surface area contributed by atoms with Gasteiger partial charge in [0.05, 0.1) is 6.54 Å². The van der Waals surface area contributed by atoms with Crippen LogP contribution in [0.5, 0.6) is 0 Å². The number of carbonyl (C=O) groups is 2. The number of amides is 3. The molecule has 6 heteroatoms. The highest BCUT2D eigenvalue weighted by Gasteiger charge is 2.25. The van der Waals surface area contributed by atoms with E-state index in [9.17, 15) is 9.59 Å². The highest BCUT2D eigenvalue weighted by atomic mass is 16.2. The van der Waals surface area contributed by atoms with Crippen molar-refractivity contribution < 1.29 is 9.59 Å². The summed E-state index contributed by atoms with van der Waals surface area (Å²) in [5.74, 6) is -0.265. The van der Waals surface area contributed by atoms with Crippen LogP contribution in [-0.2, 0) is 4.79 Å². The molecule has 1 rings (SSSR count). The summed E-state index contributed by atoms with van der Waals surface area (Å²) in [7, 11) is 0. The van der Waals surface area contributed by atoms with E-state index in [1.54, 1.807) is 0 Å². The van der Waals surface area contributed by atoms with Crippen LogP contribution in [0.2, 0.25) is 0 Å². The summed E-state index contributed by atoms with van der Waals surface area (Å²) in [6, 6.07) is -0.139. The van der Waals surface area contributed by atoms with E-state index in [-0.39, 0.29) is 18.5 Å². The zero-order valence-electron chi connectivity index (χ0n) is 10.4. The van der Waals surface area contributed by atoms with E-state index in [2.05, 4.69) is 10.6 Å². The average Bonchev–Trinajstić information content (AvgIpc) is 2.73. The maximum atomic E-state index is 11.6. The largest absolute Gasteiger partial charge is 0.338 e. The third-order valence-corrected chi connectivity index (χ3v) is 2.91. The highest BCUT2D eigenvalue weighted by molar-refractivity contribution is 5.95. The molecule has 0 aliphatic carbocycles. The van der Waals surface area contributed by atoms with Crippen LogP contribution in [0.1, 0.15) is 26.2 Å². The lowest BCUT2D eigenvalue weighted by molar-refractivity contribution is -0.121. The van der Waals surface area contributed by atoms with Gasteiger partial charge in [0.2, 0.25) is 5.91 Å². The van der Waals surface area contributed by atoms with Crippen LogP contribution >= 0.6 is 0 Å². The van der Waals surface area contributed by atoms with Crippen LogP contribution in [0.25, 0.3) is 0 Å². The molecule has 4 N–H and O–H groups in total. The standard InChI is InChI=1S/C11H22N4O2/c1-2-5-13-11(17)14-10(16)8-15-6-3-4-9(15)7-12/h9H,2-8,12H2,1H3,(H2,13,14,16,17). The Hall–Kier alpha value is -1.14. The Morgan fingerprint density at radius 3 is 2.88 bits per heavy atom. The fourth-order valence-corrected chi connectivity index (χ4v) is 2.00. The molecule has 1 unspecified atom stereocenters. The molecule has 0 spiro atoms. The van der Waals surface area contributed by atoms with Gasteiger partial charge in [-0.1, -0.05) is 6.92 Å². The lowest BCUT2D eigenvalue weighted by atomic mass is 10.2. The van der Waals surface area contributed by atoms with Crippen LogP contribution in [0.15, 0.2) is 0 Å². The molecule has 0 aromatic heterocycles. The molecule has 0 bridgehead atoms. The molecule has 98 valence electrons. The van der Waals surface area contributed by atoms with Crippen LogP contribution in [0.3, 0.4) is 0 Å². The first-order chi connectivity index (χ1) is 8.17. The summed E-state index contributed by atoms with van der Waals surface area (Å²) in [4.78, 5) is 24.9. The first-order valence-corrected chi connectivity index (χ1v) is 6.19.